The number of ether oxygens (including phenoxy) is 1. The zero-order chi connectivity index (χ0) is 17.7. The van der Waals surface area contributed by atoms with Crippen LogP contribution in [0.3, 0.4) is 0 Å². The molecule has 0 bridgehead atoms. The smallest absolute Gasteiger partial charge is 0.210 e. The van der Waals surface area contributed by atoms with Gasteiger partial charge in [-0.25, -0.2) is 13.1 Å². The Hall–Kier alpha value is -1.12. The van der Waals surface area contributed by atoms with E-state index in [0.29, 0.717) is 33.6 Å². The zero-order valence-electron chi connectivity index (χ0n) is 12.7. The predicted molar refractivity (Wildman–Crippen MR) is 97.2 cm³/mol. The van der Waals surface area contributed by atoms with E-state index in [2.05, 4.69) is 4.72 Å². The van der Waals surface area contributed by atoms with Gasteiger partial charge in [0.25, 0.3) is 0 Å². The Morgan fingerprint density at radius 3 is 2.50 bits per heavy atom. The van der Waals surface area contributed by atoms with Gasteiger partial charge in [0.05, 0.1) is 11.1 Å². The van der Waals surface area contributed by atoms with Crippen LogP contribution in [0.4, 0.5) is 0 Å². The van der Waals surface area contributed by atoms with Gasteiger partial charge in [0.1, 0.15) is 5.75 Å². The minimum absolute atomic E-state index is 0.127. The van der Waals surface area contributed by atoms with Gasteiger partial charge in [-0.15, -0.1) is 11.3 Å². The topological polar surface area (TPSA) is 72.5 Å². The molecule has 0 aliphatic rings. The lowest BCUT2D eigenvalue weighted by molar-refractivity contribution is 0.0925. The van der Waals surface area contributed by atoms with E-state index < -0.39 is 10.0 Å². The number of hydrogen-bond donors (Lipinski definition) is 1. The summed E-state index contributed by atoms with van der Waals surface area (Å²) in [6.07, 6.45) is 1.63. The Labute approximate surface area is 154 Å². The van der Waals surface area contributed by atoms with Crippen molar-refractivity contribution in [2.45, 2.75) is 6.42 Å². The van der Waals surface area contributed by atoms with Crippen LogP contribution in [0.2, 0.25) is 10.0 Å². The molecule has 0 saturated heterocycles. The standard InChI is InChI=1S/C15H15Cl2NO4S2/c1-24(20,21)18-5-4-13-2-3-15(23-13)14(19)9-22-12-7-10(16)6-11(17)8-12/h2-3,6-8,18H,4-5,9H2,1H3. The molecule has 1 heterocycles. The summed E-state index contributed by atoms with van der Waals surface area (Å²) in [5.41, 5.74) is 0. The number of carbonyl (C=O) groups is 1. The van der Waals surface area contributed by atoms with E-state index in [1.807, 2.05) is 0 Å². The first-order valence-corrected chi connectivity index (χ1v) is 10.3. The maximum Gasteiger partial charge on any atom is 0.210 e. The van der Waals surface area contributed by atoms with Gasteiger partial charge in [-0.3, -0.25) is 4.79 Å². The van der Waals surface area contributed by atoms with Crippen LogP contribution in [0.15, 0.2) is 30.3 Å². The van der Waals surface area contributed by atoms with Crippen LogP contribution < -0.4 is 9.46 Å². The van der Waals surface area contributed by atoms with Crippen LogP contribution in [-0.2, 0) is 16.4 Å². The molecule has 0 fully saturated rings. The fourth-order valence-electron chi connectivity index (χ4n) is 1.85. The molecule has 130 valence electrons. The first-order chi connectivity index (χ1) is 11.2. The number of benzene rings is 1. The van der Waals surface area contributed by atoms with Crippen molar-refractivity contribution in [3.8, 4) is 5.75 Å². The number of hydrogen-bond acceptors (Lipinski definition) is 5. The van der Waals surface area contributed by atoms with E-state index in [1.165, 1.54) is 11.3 Å². The number of nitrogens with one attached hydrogen (secondary N) is 1. The van der Waals surface area contributed by atoms with Crippen LogP contribution in [0.1, 0.15) is 14.5 Å². The lowest BCUT2D eigenvalue weighted by Crippen LogP contribution is -2.24. The van der Waals surface area contributed by atoms with Gasteiger partial charge in [-0.05, 0) is 36.8 Å². The average molecular weight is 408 g/mol. The number of sulfonamides is 1. The maximum absolute atomic E-state index is 12.1. The molecule has 0 saturated carbocycles. The lowest BCUT2D eigenvalue weighted by atomic mass is 10.3. The molecule has 0 radical (unpaired) electrons. The summed E-state index contributed by atoms with van der Waals surface area (Å²) in [6.45, 7) is 0.169. The Bertz CT molecular complexity index is 813. The highest BCUT2D eigenvalue weighted by molar-refractivity contribution is 7.88. The Balaban J connectivity index is 1.89. The van der Waals surface area contributed by atoms with Gasteiger partial charge in [0.15, 0.2) is 6.61 Å². The van der Waals surface area contributed by atoms with Gasteiger partial charge < -0.3 is 4.74 Å². The summed E-state index contributed by atoms with van der Waals surface area (Å²) in [5.74, 6) is 0.258. The number of thiophene rings is 1. The molecule has 1 aromatic carbocycles. The molecule has 0 unspecified atom stereocenters. The second-order valence-corrected chi connectivity index (χ2v) is 8.87. The van der Waals surface area contributed by atoms with Crippen molar-refractivity contribution in [1.82, 2.24) is 4.72 Å². The second-order valence-electron chi connectivity index (χ2n) is 5.00. The van der Waals surface area contributed by atoms with Crippen LogP contribution in [0, 0.1) is 0 Å². The van der Waals surface area contributed by atoms with E-state index in [9.17, 15) is 13.2 Å². The average Bonchev–Trinajstić information content (AvgIpc) is 2.91. The quantitative estimate of drug-likeness (QED) is 0.680. The molecule has 24 heavy (non-hydrogen) atoms. The summed E-state index contributed by atoms with van der Waals surface area (Å²) in [6, 6.07) is 8.25. The highest BCUT2D eigenvalue weighted by Crippen LogP contribution is 2.24. The highest BCUT2D eigenvalue weighted by Gasteiger charge is 2.11. The third-order valence-corrected chi connectivity index (χ3v) is 5.23. The summed E-state index contributed by atoms with van der Waals surface area (Å²) in [4.78, 5) is 13.6. The molecule has 5 nitrogen and oxygen atoms in total. The first-order valence-electron chi connectivity index (χ1n) is 6.88. The number of halogens is 2. The largest absolute Gasteiger partial charge is 0.485 e. The normalized spacial score (nSPS) is 11.5. The summed E-state index contributed by atoms with van der Waals surface area (Å²) in [5, 5.41) is 0.864. The fourth-order valence-corrected chi connectivity index (χ4v) is 3.76. The predicted octanol–water partition coefficient (Wildman–Crippen LogP) is 3.41. The molecule has 2 aromatic rings. The molecule has 1 N–H and O–H groups in total. The molecular weight excluding hydrogens is 393 g/mol. The Morgan fingerprint density at radius 2 is 1.88 bits per heavy atom. The van der Waals surface area contributed by atoms with Gasteiger partial charge in [0.2, 0.25) is 15.8 Å². The van der Waals surface area contributed by atoms with Crippen molar-refractivity contribution >= 4 is 50.3 Å². The summed E-state index contributed by atoms with van der Waals surface area (Å²) >= 11 is 13.1. The molecule has 0 spiro atoms. The molecule has 0 aliphatic carbocycles. The molecular formula is C15H15Cl2NO4S2. The third-order valence-electron chi connectivity index (χ3n) is 2.88. The minimum Gasteiger partial charge on any atom is -0.485 e. The number of rotatable bonds is 8. The Morgan fingerprint density at radius 1 is 1.21 bits per heavy atom. The monoisotopic (exact) mass is 407 g/mol. The number of carbonyl (C=O) groups excluding carboxylic acids is 1. The van der Waals surface area contributed by atoms with Gasteiger partial charge in [-0.1, -0.05) is 23.2 Å². The van der Waals surface area contributed by atoms with Gasteiger partial charge >= 0.3 is 0 Å². The van der Waals surface area contributed by atoms with Crippen molar-refractivity contribution in [3.63, 3.8) is 0 Å². The SMILES string of the molecule is CS(=O)(=O)NCCc1ccc(C(=O)COc2cc(Cl)cc(Cl)c2)s1. The van der Waals surface area contributed by atoms with Crippen LogP contribution in [0.25, 0.3) is 0 Å². The van der Waals surface area contributed by atoms with E-state index >= 15 is 0 Å². The van der Waals surface area contributed by atoms with E-state index in [1.54, 1.807) is 30.3 Å². The molecule has 0 atom stereocenters. The fraction of sp³-hybridized carbons (Fsp3) is 0.267. The molecule has 2 rings (SSSR count). The van der Waals surface area contributed by atoms with Gasteiger partial charge in [0, 0.05) is 21.5 Å². The van der Waals surface area contributed by atoms with Crippen LogP contribution in [-0.4, -0.2) is 33.6 Å². The minimum atomic E-state index is -3.20. The van der Waals surface area contributed by atoms with E-state index in [0.717, 1.165) is 11.1 Å². The molecule has 0 amide bonds. The number of Topliss-reactive ketones (excluding diaryl/α,β-unsaturated/α-hetero) is 1. The summed E-state index contributed by atoms with van der Waals surface area (Å²) < 4.78 is 29.8. The molecule has 0 aliphatic heterocycles. The van der Waals surface area contributed by atoms with Crippen molar-refractivity contribution in [1.29, 1.82) is 0 Å². The first kappa shape index (κ1) is 19.2. The Kier molecular flexibility index (Phi) is 6.65. The maximum atomic E-state index is 12.1. The highest BCUT2D eigenvalue weighted by atomic mass is 35.5. The van der Waals surface area contributed by atoms with E-state index in [4.69, 9.17) is 27.9 Å². The third kappa shape index (κ3) is 6.41. The molecule has 9 heteroatoms. The zero-order valence-corrected chi connectivity index (χ0v) is 15.9. The molecule has 1 aromatic heterocycles. The second kappa shape index (κ2) is 8.31. The number of ketones is 1. The van der Waals surface area contributed by atoms with Crippen LogP contribution >= 0.6 is 34.5 Å². The van der Waals surface area contributed by atoms with Crippen molar-refractivity contribution in [3.05, 3.63) is 50.1 Å². The van der Waals surface area contributed by atoms with Crippen molar-refractivity contribution < 1.29 is 17.9 Å². The summed E-state index contributed by atoms with van der Waals surface area (Å²) in [7, 11) is -3.20. The lowest BCUT2D eigenvalue weighted by Gasteiger charge is -2.05. The van der Waals surface area contributed by atoms with Crippen molar-refractivity contribution in [2.24, 2.45) is 0 Å². The van der Waals surface area contributed by atoms with Crippen LogP contribution in [0.5, 0.6) is 5.75 Å². The van der Waals surface area contributed by atoms with Crippen molar-refractivity contribution in [2.75, 3.05) is 19.4 Å². The van der Waals surface area contributed by atoms with E-state index in [-0.39, 0.29) is 12.4 Å². The van der Waals surface area contributed by atoms with Gasteiger partial charge in [-0.2, -0.15) is 0 Å².